The molecule has 2 heterocycles. The molecular formula is C23H22FN3O3. The third-order valence-electron chi connectivity index (χ3n) is 5.74. The molecule has 1 aromatic heterocycles. The predicted molar refractivity (Wildman–Crippen MR) is 112 cm³/mol. The van der Waals surface area contributed by atoms with Crippen molar-refractivity contribution in [2.24, 2.45) is 5.92 Å². The van der Waals surface area contributed by atoms with Crippen LogP contribution in [0.3, 0.4) is 0 Å². The zero-order valence-corrected chi connectivity index (χ0v) is 16.4. The summed E-state index contributed by atoms with van der Waals surface area (Å²) >= 11 is 0. The first-order valence-corrected chi connectivity index (χ1v) is 10.2. The van der Waals surface area contributed by atoms with Crippen molar-refractivity contribution in [3.63, 3.8) is 0 Å². The van der Waals surface area contributed by atoms with E-state index in [-0.39, 0.29) is 29.3 Å². The summed E-state index contributed by atoms with van der Waals surface area (Å²) in [6, 6.07) is 13.7. The van der Waals surface area contributed by atoms with Gasteiger partial charge in [-0.05, 0) is 49.2 Å². The molecule has 0 bridgehead atoms. The van der Waals surface area contributed by atoms with E-state index in [9.17, 15) is 14.0 Å². The summed E-state index contributed by atoms with van der Waals surface area (Å²) in [6.45, 7) is 2.31. The maximum absolute atomic E-state index is 13.3. The lowest BCUT2D eigenvalue weighted by molar-refractivity contribution is -0.117. The second kappa shape index (κ2) is 7.48. The van der Waals surface area contributed by atoms with E-state index in [2.05, 4.69) is 10.2 Å². The number of benzene rings is 2. The molecule has 0 unspecified atom stereocenters. The molecule has 2 amide bonds. The summed E-state index contributed by atoms with van der Waals surface area (Å²) in [7, 11) is 0. The standard InChI is InChI=1S/C23H22FN3O3/c24-16-7-9-17(10-8-16)26-11-13-27(14-12-26)23(29)21-20(25-22(28)15-5-6-15)18-3-1-2-4-19(18)30-21/h1-4,7-10,15H,5-6,11-14H2,(H,25,28). The third-order valence-corrected chi connectivity index (χ3v) is 5.74. The molecule has 2 fully saturated rings. The maximum atomic E-state index is 13.3. The topological polar surface area (TPSA) is 65.8 Å². The Balaban J connectivity index is 1.36. The van der Waals surface area contributed by atoms with Crippen LogP contribution in [0.1, 0.15) is 23.4 Å². The van der Waals surface area contributed by atoms with Crippen molar-refractivity contribution >= 4 is 34.2 Å². The Hall–Kier alpha value is -3.35. The minimum atomic E-state index is -0.266. The van der Waals surface area contributed by atoms with Gasteiger partial charge in [0.25, 0.3) is 5.91 Å². The zero-order chi connectivity index (χ0) is 20.7. The lowest BCUT2D eigenvalue weighted by atomic mass is 10.2. The van der Waals surface area contributed by atoms with Crippen LogP contribution in [0.2, 0.25) is 0 Å². The number of nitrogens with zero attached hydrogens (tertiary/aromatic N) is 2. The molecule has 1 aliphatic carbocycles. The second-order valence-corrected chi connectivity index (χ2v) is 7.82. The number of rotatable bonds is 4. The van der Waals surface area contributed by atoms with Crippen LogP contribution >= 0.6 is 0 Å². The van der Waals surface area contributed by atoms with Crippen LogP contribution in [0.15, 0.2) is 52.9 Å². The van der Waals surface area contributed by atoms with E-state index in [4.69, 9.17) is 4.42 Å². The number of amides is 2. The molecular weight excluding hydrogens is 385 g/mol. The van der Waals surface area contributed by atoms with Crippen LogP contribution in [0, 0.1) is 11.7 Å². The number of carbonyl (C=O) groups excluding carboxylic acids is 2. The minimum absolute atomic E-state index is 0.0286. The summed E-state index contributed by atoms with van der Waals surface area (Å²) in [4.78, 5) is 29.5. The number of fused-ring (bicyclic) bond motifs is 1. The van der Waals surface area contributed by atoms with Gasteiger partial charge >= 0.3 is 0 Å². The van der Waals surface area contributed by atoms with Crippen molar-refractivity contribution in [1.29, 1.82) is 0 Å². The lowest BCUT2D eigenvalue weighted by Crippen LogP contribution is -2.48. The molecule has 1 N–H and O–H groups in total. The van der Waals surface area contributed by atoms with Crippen molar-refractivity contribution in [3.05, 3.63) is 60.1 Å². The van der Waals surface area contributed by atoms with Crippen molar-refractivity contribution in [2.45, 2.75) is 12.8 Å². The predicted octanol–water partition coefficient (Wildman–Crippen LogP) is 3.88. The lowest BCUT2D eigenvalue weighted by Gasteiger charge is -2.35. The SMILES string of the molecule is O=C(Nc1c(C(=O)N2CCN(c3ccc(F)cc3)CC2)oc2ccccc12)C1CC1. The average Bonchev–Trinajstić information content (AvgIpc) is 3.57. The van der Waals surface area contributed by atoms with Gasteiger partial charge in [0, 0.05) is 43.2 Å². The molecule has 2 aliphatic rings. The molecule has 1 saturated carbocycles. The van der Waals surface area contributed by atoms with E-state index in [1.165, 1.54) is 12.1 Å². The Morgan fingerprint density at radius 3 is 2.37 bits per heavy atom. The first-order valence-electron chi connectivity index (χ1n) is 10.2. The molecule has 30 heavy (non-hydrogen) atoms. The van der Waals surface area contributed by atoms with Crippen LogP contribution in [-0.4, -0.2) is 42.9 Å². The first kappa shape index (κ1) is 18.7. The van der Waals surface area contributed by atoms with E-state index in [1.54, 1.807) is 23.1 Å². The fraction of sp³-hybridized carbons (Fsp3) is 0.304. The molecule has 7 heteroatoms. The van der Waals surface area contributed by atoms with E-state index in [1.807, 2.05) is 18.2 Å². The molecule has 0 atom stereocenters. The van der Waals surface area contributed by atoms with Gasteiger partial charge in [-0.2, -0.15) is 0 Å². The van der Waals surface area contributed by atoms with Gasteiger partial charge in [0.1, 0.15) is 17.1 Å². The van der Waals surface area contributed by atoms with Gasteiger partial charge in [0.2, 0.25) is 11.7 Å². The van der Waals surface area contributed by atoms with E-state index < -0.39 is 0 Å². The molecule has 1 saturated heterocycles. The Labute approximate surface area is 173 Å². The largest absolute Gasteiger partial charge is 0.449 e. The molecule has 2 aromatic carbocycles. The number of hydrogen-bond donors (Lipinski definition) is 1. The van der Waals surface area contributed by atoms with Gasteiger partial charge in [-0.3, -0.25) is 9.59 Å². The maximum Gasteiger partial charge on any atom is 0.291 e. The number of para-hydroxylation sites is 1. The molecule has 1 aliphatic heterocycles. The van der Waals surface area contributed by atoms with Crippen molar-refractivity contribution in [1.82, 2.24) is 4.90 Å². The Morgan fingerprint density at radius 1 is 0.967 bits per heavy atom. The summed E-state index contributed by atoms with van der Waals surface area (Å²) in [5.74, 6) is -0.340. The number of carbonyl (C=O) groups is 2. The quantitative estimate of drug-likeness (QED) is 0.713. The van der Waals surface area contributed by atoms with Crippen LogP contribution in [0.5, 0.6) is 0 Å². The van der Waals surface area contributed by atoms with E-state index in [0.717, 1.165) is 23.9 Å². The minimum Gasteiger partial charge on any atom is -0.449 e. The number of hydrogen-bond acceptors (Lipinski definition) is 4. The first-order chi connectivity index (χ1) is 14.6. The Kier molecular flexibility index (Phi) is 4.65. The van der Waals surface area contributed by atoms with Gasteiger partial charge in [-0.25, -0.2) is 4.39 Å². The zero-order valence-electron chi connectivity index (χ0n) is 16.4. The van der Waals surface area contributed by atoms with Crippen LogP contribution in [-0.2, 0) is 4.79 Å². The molecule has 0 spiro atoms. The molecule has 3 aromatic rings. The summed E-state index contributed by atoms with van der Waals surface area (Å²) in [5, 5.41) is 3.67. The van der Waals surface area contributed by atoms with Gasteiger partial charge in [-0.15, -0.1) is 0 Å². The van der Waals surface area contributed by atoms with Gasteiger partial charge in [-0.1, -0.05) is 12.1 Å². The molecule has 6 nitrogen and oxygen atoms in total. The number of halogens is 1. The van der Waals surface area contributed by atoms with Gasteiger partial charge < -0.3 is 19.5 Å². The van der Waals surface area contributed by atoms with E-state index in [0.29, 0.717) is 37.4 Å². The fourth-order valence-electron chi connectivity index (χ4n) is 3.85. The molecule has 154 valence electrons. The molecule has 5 rings (SSSR count). The Morgan fingerprint density at radius 2 is 1.67 bits per heavy atom. The summed E-state index contributed by atoms with van der Waals surface area (Å²) in [5.41, 5.74) is 1.98. The normalized spacial score (nSPS) is 16.7. The highest BCUT2D eigenvalue weighted by atomic mass is 19.1. The van der Waals surface area contributed by atoms with Crippen LogP contribution in [0.25, 0.3) is 11.0 Å². The van der Waals surface area contributed by atoms with Crippen LogP contribution in [0.4, 0.5) is 15.8 Å². The second-order valence-electron chi connectivity index (χ2n) is 7.82. The smallest absolute Gasteiger partial charge is 0.291 e. The van der Waals surface area contributed by atoms with Crippen LogP contribution < -0.4 is 10.2 Å². The highest BCUT2D eigenvalue weighted by Crippen LogP contribution is 2.35. The summed E-state index contributed by atoms with van der Waals surface area (Å²) < 4.78 is 19.0. The van der Waals surface area contributed by atoms with Crippen molar-refractivity contribution in [2.75, 3.05) is 36.4 Å². The number of furan rings is 1. The van der Waals surface area contributed by atoms with Gasteiger partial charge in [0.05, 0.1) is 0 Å². The van der Waals surface area contributed by atoms with E-state index >= 15 is 0 Å². The fourth-order valence-corrected chi connectivity index (χ4v) is 3.85. The highest BCUT2D eigenvalue weighted by molar-refractivity contribution is 6.11. The van der Waals surface area contributed by atoms with Crippen molar-refractivity contribution in [3.8, 4) is 0 Å². The monoisotopic (exact) mass is 407 g/mol. The average molecular weight is 407 g/mol. The number of nitrogens with one attached hydrogen (secondary N) is 1. The number of piperazine rings is 1. The Bertz CT molecular complexity index is 1100. The number of anilines is 2. The highest BCUT2D eigenvalue weighted by Gasteiger charge is 2.33. The summed E-state index contributed by atoms with van der Waals surface area (Å²) in [6.07, 6.45) is 1.77. The molecule has 0 radical (unpaired) electrons. The van der Waals surface area contributed by atoms with Gasteiger partial charge in [0.15, 0.2) is 0 Å². The third kappa shape index (κ3) is 3.51. The van der Waals surface area contributed by atoms with Crippen molar-refractivity contribution < 1.29 is 18.4 Å².